The van der Waals surface area contributed by atoms with E-state index in [1.807, 2.05) is 0 Å². The van der Waals surface area contributed by atoms with Crippen molar-refractivity contribution in [3.05, 3.63) is 46.6 Å². The highest BCUT2D eigenvalue weighted by atomic mass is 19.4. The second-order valence-corrected chi connectivity index (χ2v) is 5.71. The number of hydrogen-bond acceptors (Lipinski definition) is 5. The van der Waals surface area contributed by atoms with Crippen LogP contribution >= 0.6 is 0 Å². The molecule has 0 saturated carbocycles. The van der Waals surface area contributed by atoms with Gasteiger partial charge < -0.3 is 10.2 Å². The second kappa shape index (κ2) is 7.45. The van der Waals surface area contributed by atoms with Crippen LogP contribution in [0.1, 0.15) is 40.0 Å². The zero-order chi connectivity index (χ0) is 20.4. The third kappa shape index (κ3) is 4.41. The van der Waals surface area contributed by atoms with Gasteiger partial charge in [0, 0.05) is 12.0 Å². The number of benzene rings is 1. The Kier molecular flexibility index (Phi) is 5.49. The Morgan fingerprint density at radius 3 is 2.44 bits per heavy atom. The first-order chi connectivity index (χ1) is 12.5. The topological polar surface area (TPSA) is 111 Å². The number of carboxylic acid groups (broad SMARTS) is 1. The van der Waals surface area contributed by atoms with Crippen molar-refractivity contribution < 1.29 is 33.0 Å². The van der Waals surface area contributed by atoms with Gasteiger partial charge in [-0.1, -0.05) is 6.07 Å². The molecule has 2 N–H and O–H groups in total. The quantitative estimate of drug-likeness (QED) is 0.768. The van der Waals surface area contributed by atoms with Gasteiger partial charge in [-0.25, -0.2) is 4.98 Å². The molecular weight excluding hydrogens is 365 g/mol. The molecule has 0 spiro atoms. The molecule has 2 rings (SSSR count). The predicted octanol–water partition coefficient (Wildman–Crippen LogP) is 3.70. The number of nitriles is 1. The van der Waals surface area contributed by atoms with Crippen LogP contribution in [0, 0.1) is 18.3 Å². The van der Waals surface area contributed by atoms with Crippen LogP contribution in [0.5, 0.6) is 5.75 Å². The number of halogens is 3. The molecule has 0 bridgehead atoms. The molecule has 140 valence electrons. The molecule has 1 heterocycles. The minimum absolute atomic E-state index is 0.0357. The Bertz CT molecular complexity index is 962. The lowest BCUT2D eigenvalue weighted by molar-refractivity contribution is -0.138. The molecule has 6 nitrogen and oxygen atoms in total. The summed E-state index contributed by atoms with van der Waals surface area (Å²) in [6, 6.07) is 5.68. The summed E-state index contributed by atoms with van der Waals surface area (Å²) in [5.41, 5.74) is -1.50. The minimum atomic E-state index is -4.60. The van der Waals surface area contributed by atoms with Gasteiger partial charge in [0.1, 0.15) is 11.8 Å². The highest BCUT2D eigenvalue weighted by Crippen LogP contribution is 2.35. The fourth-order valence-electron chi connectivity index (χ4n) is 2.37. The molecule has 2 aromatic rings. The highest BCUT2D eigenvalue weighted by molar-refractivity contribution is 5.99. The van der Waals surface area contributed by atoms with E-state index in [-0.39, 0.29) is 16.8 Å². The molecule has 1 aromatic carbocycles. The monoisotopic (exact) mass is 378 g/mol. The SMILES string of the molecule is Cc1ccc(C(F)(F)F)cc1-c1cc(C#N)c(O)c(C(=O)CCC(=O)O)n1. The first kappa shape index (κ1) is 19.9. The van der Waals surface area contributed by atoms with E-state index in [4.69, 9.17) is 10.4 Å². The summed E-state index contributed by atoms with van der Waals surface area (Å²) in [6.07, 6.45) is -5.60. The fourth-order valence-corrected chi connectivity index (χ4v) is 2.37. The summed E-state index contributed by atoms with van der Waals surface area (Å²) >= 11 is 0. The van der Waals surface area contributed by atoms with Gasteiger partial charge in [-0.05, 0) is 30.7 Å². The number of hydrogen-bond donors (Lipinski definition) is 2. The molecule has 0 aliphatic carbocycles. The van der Waals surface area contributed by atoms with Crippen molar-refractivity contribution in [1.82, 2.24) is 4.98 Å². The number of Topliss-reactive ketones (excluding diaryl/α,β-unsaturated/α-hetero) is 1. The predicted molar refractivity (Wildman–Crippen MR) is 87.0 cm³/mol. The Morgan fingerprint density at radius 1 is 1.22 bits per heavy atom. The van der Waals surface area contributed by atoms with Gasteiger partial charge in [0.2, 0.25) is 0 Å². The Labute approximate surface area is 151 Å². The molecule has 9 heteroatoms. The van der Waals surface area contributed by atoms with Crippen LogP contribution in [-0.4, -0.2) is 26.9 Å². The molecular formula is C18H13F3N2O4. The van der Waals surface area contributed by atoms with Crippen LogP contribution in [-0.2, 0) is 11.0 Å². The Hall–Kier alpha value is -3.41. The van der Waals surface area contributed by atoms with E-state index < -0.39 is 47.8 Å². The van der Waals surface area contributed by atoms with Crippen LogP contribution in [0.25, 0.3) is 11.3 Å². The smallest absolute Gasteiger partial charge is 0.416 e. The normalized spacial score (nSPS) is 11.1. The van der Waals surface area contributed by atoms with Crippen molar-refractivity contribution in [1.29, 1.82) is 5.26 Å². The van der Waals surface area contributed by atoms with E-state index in [2.05, 4.69) is 4.98 Å². The Balaban J connectivity index is 2.62. The van der Waals surface area contributed by atoms with Gasteiger partial charge in [0.15, 0.2) is 11.5 Å². The van der Waals surface area contributed by atoms with E-state index in [9.17, 15) is 27.9 Å². The maximum absolute atomic E-state index is 13.0. The summed E-state index contributed by atoms with van der Waals surface area (Å²) in [7, 11) is 0. The number of carboxylic acids is 1. The number of aromatic hydroxyl groups is 1. The van der Waals surface area contributed by atoms with Gasteiger partial charge in [0.25, 0.3) is 0 Å². The average molecular weight is 378 g/mol. The van der Waals surface area contributed by atoms with Gasteiger partial charge in [-0.15, -0.1) is 0 Å². The summed E-state index contributed by atoms with van der Waals surface area (Å²) in [5, 5.41) is 27.8. The van der Waals surface area contributed by atoms with E-state index in [0.29, 0.717) is 5.56 Å². The zero-order valence-corrected chi connectivity index (χ0v) is 14.0. The maximum atomic E-state index is 13.0. The van der Waals surface area contributed by atoms with Crippen LogP contribution < -0.4 is 0 Å². The first-order valence-electron chi connectivity index (χ1n) is 7.62. The third-order valence-corrected chi connectivity index (χ3v) is 3.78. The number of ketones is 1. The fraction of sp³-hybridized carbons (Fsp3) is 0.222. The molecule has 0 radical (unpaired) electrons. The number of carbonyl (C=O) groups is 2. The van der Waals surface area contributed by atoms with Crippen molar-refractivity contribution in [2.45, 2.75) is 25.9 Å². The lowest BCUT2D eigenvalue weighted by atomic mass is 9.99. The standard InChI is InChI=1S/C18H13F3N2O4/c1-9-2-3-11(18(19,20)21)7-12(9)13-6-10(8-22)17(27)16(23-13)14(24)4-5-15(25)26/h2-3,6-7,27H,4-5H2,1H3,(H,25,26). The average Bonchev–Trinajstić information content (AvgIpc) is 2.59. The van der Waals surface area contributed by atoms with Crippen LogP contribution in [0.4, 0.5) is 13.2 Å². The number of aliphatic carboxylic acids is 1. The van der Waals surface area contributed by atoms with Crippen LogP contribution in [0.15, 0.2) is 24.3 Å². The molecule has 0 fully saturated rings. The summed E-state index contributed by atoms with van der Waals surface area (Å²) in [6.45, 7) is 1.53. The van der Waals surface area contributed by atoms with Crippen molar-refractivity contribution in [2.24, 2.45) is 0 Å². The van der Waals surface area contributed by atoms with Gasteiger partial charge in [0.05, 0.1) is 23.2 Å². The molecule has 0 atom stereocenters. The van der Waals surface area contributed by atoms with Crippen molar-refractivity contribution in [2.75, 3.05) is 0 Å². The van der Waals surface area contributed by atoms with Crippen molar-refractivity contribution in [3.8, 4) is 23.1 Å². The second-order valence-electron chi connectivity index (χ2n) is 5.71. The first-order valence-corrected chi connectivity index (χ1v) is 7.62. The van der Waals surface area contributed by atoms with Gasteiger partial charge >= 0.3 is 12.1 Å². The Morgan fingerprint density at radius 2 is 1.89 bits per heavy atom. The molecule has 0 aliphatic rings. The number of pyridine rings is 1. The molecule has 0 amide bonds. The lowest BCUT2D eigenvalue weighted by Crippen LogP contribution is -2.09. The van der Waals surface area contributed by atoms with Gasteiger partial charge in [-0.3, -0.25) is 9.59 Å². The lowest BCUT2D eigenvalue weighted by Gasteiger charge is -2.13. The van der Waals surface area contributed by atoms with E-state index >= 15 is 0 Å². The zero-order valence-electron chi connectivity index (χ0n) is 14.0. The van der Waals surface area contributed by atoms with Crippen molar-refractivity contribution in [3.63, 3.8) is 0 Å². The van der Waals surface area contributed by atoms with Crippen LogP contribution in [0.2, 0.25) is 0 Å². The number of aryl methyl sites for hydroxylation is 1. The largest absolute Gasteiger partial charge is 0.504 e. The number of alkyl halides is 3. The number of nitrogens with zero attached hydrogens (tertiary/aromatic N) is 2. The molecule has 0 aliphatic heterocycles. The summed E-state index contributed by atoms with van der Waals surface area (Å²) in [5.74, 6) is -2.81. The van der Waals surface area contributed by atoms with Gasteiger partial charge in [-0.2, -0.15) is 18.4 Å². The molecule has 1 aromatic heterocycles. The van der Waals surface area contributed by atoms with E-state index in [0.717, 1.165) is 18.2 Å². The van der Waals surface area contributed by atoms with E-state index in [1.54, 1.807) is 6.07 Å². The minimum Gasteiger partial charge on any atom is -0.504 e. The molecule has 0 unspecified atom stereocenters. The summed E-state index contributed by atoms with van der Waals surface area (Å²) < 4.78 is 39.0. The number of carbonyl (C=O) groups excluding carboxylic acids is 1. The summed E-state index contributed by atoms with van der Waals surface area (Å²) in [4.78, 5) is 26.7. The van der Waals surface area contributed by atoms with E-state index in [1.165, 1.54) is 13.0 Å². The van der Waals surface area contributed by atoms with Crippen LogP contribution in [0.3, 0.4) is 0 Å². The highest BCUT2D eigenvalue weighted by Gasteiger charge is 2.31. The number of rotatable bonds is 5. The third-order valence-electron chi connectivity index (χ3n) is 3.78. The van der Waals surface area contributed by atoms with Crippen molar-refractivity contribution >= 4 is 11.8 Å². The molecule has 27 heavy (non-hydrogen) atoms. The molecule has 0 saturated heterocycles. The number of aromatic nitrogens is 1. The maximum Gasteiger partial charge on any atom is 0.416 e.